The van der Waals surface area contributed by atoms with E-state index in [4.69, 9.17) is 22.3 Å². The van der Waals surface area contributed by atoms with Gasteiger partial charge in [0.1, 0.15) is 5.01 Å². The highest BCUT2D eigenvalue weighted by atomic mass is 35.5. The third kappa shape index (κ3) is 6.10. The van der Waals surface area contributed by atoms with Gasteiger partial charge in [-0.3, -0.25) is 4.79 Å². The zero-order chi connectivity index (χ0) is 18.2. The summed E-state index contributed by atoms with van der Waals surface area (Å²) in [5.41, 5.74) is 7.47. The topological polar surface area (TPSA) is 68.0 Å². The molecule has 0 radical (unpaired) electrons. The fraction of sp³-hybridized carbons (Fsp3) is 0.474. The molecule has 0 aliphatic carbocycles. The van der Waals surface area contributed by atoms with Crippen LogP contribution < -0.4 is 11.1 Å². The maximum atomic E-state index is 12.1. The van der Waals surface area contributed by atoms with Gasteiger partial charge in [0.05, 0.1) is 11.7 Å². The van der Waals surface area contributed by atoms with Gasteiger partial charge in [-0.1, -0.05) is 36.6 Å². The number of carbonyl (C=O) groups excluding carboxylic acids is 1. The molecule has 0 aliphatic heterocycles. The highest BCUT2D eigenvalue weighted by Gasteiger charge is 2.16. The number of rotatable bonds is 9. The second kappa shape index (κ2) is 9.90. The molecule has 1 amide bonds. The summed E-state index contributed by atoms with van der Waals surface area (Å²) in [6.45, 7) is 4.76. The van der Waals surface area contributed by atoms with Gasteiger partial charge in [-0.25, -0.2) is 4.98 Å². The van der Waals surface area contributed by atoms with Crippen molar-refractivity contribution in [2.45, 2.75) is 52.0 Å². The Morgan fingerprint density at radius 3 is 2.60 bits per heavy atom. The first kappa shape index (κ1) is 19.9. The fourth-order valence-corrected chi connectivity index (χ4v) is 3.71. The summed E-state index contributed by atoms with van der Waals surface area (Å²) in [5, 5.41) is 4.69. The predicted molar refractivity (Wildman–Crippen MR) is 106 cm³/mol. The van der Waals surface area contributed by atoms with Crippen LogP contribution in [0.25, 0.3) is 11.3 Å². The lowest BCUT2D eigenvalue weighted by molar-refractivity contribution is -0.121. The van der Waals surface area contributed by atoms with Crippen LogP contribution in [0.5, 0.6) is 0 Å². The molecule has 0 spiro atoms. The van der Waals surface area contributed by atoms with Gasteiger partial charge in [-0.05, 0) is 45.4 Å². The van der Waals surface area contributed by atoms with E-state index in [9.17, 15) is 4.79 Å². The minimum absolute atomic E-state index is 0.0821. The molecule has 1 aromatic carbocycles. The first-order valence-electron chi connectivity index (χ1n) is 8.74. The van der Waals surface area contributed by atoms with E-state index in [1.54, 1.807) is 11.3 Å². The summed E-state index contributed by atoms with van der Waals surface area (Å²) in [6, 6.07) is 7.59. The predicted octanol–water partition coefficient (Wildman–Crippen LogP) is 4.86. The van der Waals surface area contributed by atoms with Crippen molar-refractivity contribution in [2.24, 2.45) is 5.73 Å². The highest BCUT2D eigenvalue weighted by molar-refractivity contribution is 7.12. The van der Waals surface area contributed by atoms with Gasteiger partial charge < -0.3 is 11.1 Å². The van der Waals surface area contributed by atoms with E-state index in [0.717, 1.165) is 53.4 Å². The van der Waals surface area contributed by atoms with Crippen LogP contribution in [0.15, 0.2) is 24.3 Å². The molecule has 0 fully saturated rings. The molecule has 2 aromatic rings. The lowest BCUT2D eigenvalue weighted by Gasteiger charge is -2.11. The number of carbonyl (C=O) groups is 1. The summed E-state index contributed by atoms with van der Waals surface area (Å²) < 4.78 is 0. The average molecular weight is 380 g/mol. The Labute approximate surface area is 158 Å². The maximum Gasteiger partial charge on any atom is 0.220 e. The van der Waals surface area contributed by atoms with E-state index >= 15 is 0 Å². The Kier molecular flexibility index (Phi) is 7.88. The van der Waals surface area contributed by atoms with Crippen molar-refractivity contribution in [1.82, 2.24) is 10.3 Å². The van der Waals surface area contributed by atoms with Crippen LogP contribution in [0.2, 0.25) is 5.02 Å². The molecule has 0 bridgehead atoms. The lowest BCUT2D eigenvalue weighted by atomic mass is 10.1. The molecule has 136 valence electrons. The van der Waals surface area contributed by atoms with Crippen molar-refractivity contribution >= 4 is 28.8 Å². The first-order chi connectivity index (χ1) is 12.0. The number of halogens is 1. The molecule has 1 atom stereocenters. The number of amides is 1. The summed E-state index contributed by atoms with van der Waals surface area (Å²) in [5.74, 6) is 0.0844. The van der Waals surface area contributed by atoms with Crippen LogP contribution in [-0.4, -0.2) is 17.4 Å². The van der Waals surface area contributed by atoms with E-state index in [1.807, 2.05) is 31.2 Å². The van der Waals surface area contributed by atoms with E-state index in [1.165, 1.54) is 0 Å². The molecular weight excluding hydrogens is 354 g/mol. The second-order valence-corrected chi connectivity index (χ2v) is 7.88. The second-order valence-electron chi connectivity index (χ2n) is 6.21. The SMILES string of the molecule is Cc1sc(C(C)NC(=O)CCCCCCN)nc1-c1ccc(Cl)cc1. The number of aromatic nitrogens is 1. The monoisotopic (exact) mass is 379 g/mol. The third-order valence-corrected chi connectivity index (χ3v) is 5.44. The highest BCUT2D eigenvalue weighted by Crippen LogP contribution is 2.31. The van der Waals surface area contributed by atoms with Crippen molar-refractivity contribution in [3.63, 3.8) is 0 Å². The number of hydrogen-bond acceptors (Lipinski definition) is 4. The average Bonchev–Trinajstić information content (AvgIpc) is 2.97. The number of thiazole rings is 1. The van der Waals surface area contributed by atoms with Gasteiger partial charge >= 0.3 is 0 Å². The molecule has 1 heterocycles. The molecule has 4 nitrogen and oxygen atoms in total. The van der Waals surface area contributed by atoms with E-state index in [2.05, 4.69) is 12.2 Å². The van der Waals surface area contributed by atoms with E-state index < -0.39 is 0 Å². The number of benzene rings is 1. The zero-order valence-electron chi connectivity index (χ0n) is 14.8. The van der Waals surface area contributed by atoms with Crippen LogP contribution >= 0.6 is 22.9 Å². The Bertz CT molecular complexity index is 684. The minimum Gasteiger partial charge on any atom is -0.347 e. The summed E-state index contributed by atoms with van der Waals surface area (Å²) in [6.07, 6.45) is 4.64. The number of aryl methyl sites for hydroxylation is 1. The molecule has 2 rings (SSSR count). The van der Waals surface area contributed by atoms with Gasteiger partial charge in [0.2, 0.25) is 5.91 Å². The van der Waals surface area contributed by atoms with Crippen molar-refractivity contribution in [3.05, 3.63) is 39.2 Å². The molecule has 0 saturated heterocycles. The molecule has 1 unspecified atom stereocenters. The molecule has 0 saturated carbocycles. The van der Waals surface area contributed by atoms with Gasteiger partial charge in [-0.2, -0.15) is 0 Å². The largest absolute Gasteiger partial charge is 0.347 e. The zero-order valence-corrected chi connectivity index (χ0v) is 16.4. The van der Waals surface area contributed by atoms with E-state index in [-0.39, 0.29) is 11.9 Å². The Hall–Kier alpha value is -1.43. The van der Waals surface area contributed by atoms with Crippen LogP contribution in [0.3, 0.4) is 0 Å². The molecule has 6 heteroatoms. The lowest BCUT2D eigenvalue weighted by Crippen LogP contribution is -2.26. The van der Waals surface area contributed by atoms with Crippen LogP contribution in [-0.2, 0) is 4.79 Å². The molecule has 3 N–H and O–H groups in total. The summed E-state index contributed by atoms with van der Waals surface area (Å²) in [7, 11) is 0. The quantitative estimate of drug-likeness (QED) is 0.611. The summed E-state index contributed by atoms with van der Waals surface area (Å²) in [4.78, 5) is 18.0. The number of hydrogen-bond donors (Lipinski definition) is 2. The number of nitrogens with one attached hydrogen (secondary N) is 1. The molecule has 0 aliphatic rings. The van der Waals surface area contributed by atoms with Gasteiger partial charge in [-0.15, -0.1) is 11.3 Å². The molecular formula is C19H26ClN3OS. The third-order valence-electron chi connectivity index (χ3n) is 4.04. The van der Waals surface area contributed by atoms with Crippen molar-refractivity contribution in [2.75, 3.05) is 6.54 Å². The van der Waals surface area contributed by atoms with Crippen molar-refractivity contribution in [1.29, 1.82) is 0 Å². The molecule has 25 heavy (non-hydrogen) atoms. The van der Waals surface area contributed by atoms with Crippen molar-refractivity contribution in [3.8, 4) is 11.3 Å². The van der Waals surface area contributed by atoms with Crippen LogP contribution in [0.1, 0.15) is 55.0 Å². The van der Waals surface area contributed by atoms with Crippen LogP contribution in [0.4, 0.5) is 0 Å². The van der Waals surface area contributed by atoms with E-state index in [0.29, 0.717) is 11.4 Å². The fourth-order valence-electron chi connectivity index (χ4n) is 2.64. The minimum atomic E-state index is -0.0821. The number of nitrogens with two attached hydrogens (primary N) is 1. The standard InChI is InChI=1S/C19H26ClN3OS/c1-13(22-17(24)7-5-3-4-6-12-21)19-23-18(14(2)25-19)15-8-10-16(20)11-9-15/h8-11,13H,3-7,12,21H2,1-2H3,(H,22,24). The van der Waals surface area contributed by atoms with Gasteiger partial charge in [0, 0.05) is 21.9 Å². The van der Waals surface area contributed by atoms with Gasteiger partial charge in [0.15, 0.2) is 0 Å². The normalized spacial score (nSPS) is 12.2. The molecule has 1 aromatic heterocycles. The van der Waals surface area contributed by atoms with Crippen molar-refractivity contribution < 1.29 is 4.79 Å². The first-order valence-corrected chi connectivity index (χ1v) is 9.93. The Morgan fingerprint density at radius 1 is 1.24 bits per heavy atom. The smallest absolute Gasteiger partial charge is 0.220 e. The number of nitrogens with zero attached hydrogens (tertiary/aromatic N) is 1. The van der Waals surface area contributed by atoms with Crippen LogP contribution in [0, 0.1) is 6.92 Å². The number of unbranched alkanes of at least 4 members (excludes halogenated alkanes) is 3. The Morgan fingerprint density at radius 2 is 1.92 bits per heavy atom. The Balaban J connectivity index is 1.91. The van der Waals surface area contributed by atoms with Gasteiger partial charge in [0.25, 0.3) is 0 Å². The summed E-state index contributed by atoms with van der Waals surface area (Å²) >= 11 is 7.58. The maximum absolute atomic E-state index is 12.1.